The Balaban J connectivity index is 2.13. The maximum atomic E-state index is 12.7. The smallest absolute Gasteiger partial charge is 0.252 e. The van der Waals surface area contributed by atoms with Gasteiger partial charge in [0.1, 0.15) is 21.7 Å². The molecule has 6 heteroatoms. The van der Waals surface area contributed by atoms with Gasteiger partial charge in [0.15, 0.2) is 4.80 Å². The van der Waals surface area contributed by atoms with E-state index in [2.05, 4.69) is 10.9 Å². The van der Waals surface area contributed by atoms with E-state index < -0.39 is 0 Å². The molecule has 0 aliphatic heterocycles. The second kappa shape index (κ2) is 8.32. The van der Waals surface area contributed by atoms with Crippen molar-refractivity contribution in [2.24, 2.45) is 4.99 Å². The molecule has 0 aliphatic rings. The van der Waals surface area contributed by atoms with Crippen molar-refractivity contribution >= 4 is 27.5 Å². The van der Waals surface area contributed by atoms with Crippen molar-refractivity contribution in [3.8, 4) is 23.8 Å². The van der Waals surface area contributed by atoms with Crippen LogP contribution in [0.3, 0.4) is 0 Å². The number of amides is 1. The molecule has 0 bridgehead atoms. The van der Waals surface area contributed by atoms with Gasteiger partial charge >= 0.3 is 0 Å². The van der Waals surface area contributed by atoms with Crippen LogP contribution in [-0.2, 0) is 17.8 Å². The SMILES string of the molecule is C#CCn1c(=NC(=O)Cc2cc(C)ccc2C)sc2c(OC)ccc(OC)c21. The highest BCUT2D eigenvalue weighted by atomic mass is 32.1. The van der Waals surface area contributed by atoms with E-state index in [1.54, 1.807) is 14.2 Å². The van der Waals surface area contributed by atoms with E-state index in [4.69, 9.17) is 15.9 Å². The summed E-state index contributed by atoms with van der Waals surface area (Å²) in [6.45, 7) is 4.28. The van der Waals surface area contributed by atoms with Gasteiger partial charge < -0.3 is 14.0 Å². The number of rotatable bonds is 5. The van der Waals surface area contributed by atoms with Crippen LogP contribution in [0, 0.1) is 26.2 Å². The van der Waals surface area contributed by atoms with E-state index in [1.165, 1.54) is 11.3 Å². The number of hydrogen-bond donors (Lipinski definition) is 0. The van der Waals surface area contributed by atoms with Gasteiger partial charge in [0, 0.05) is 0 Å². The molecule has 0 aliphatic carbocycles. The molecule has 1 heterocycles. The molecule has 0 unspecified atom stereocenters. The average Bonchev–Trinajstić information content (AvgIpc) is 3.02. The number of fused-ring (bicyclic) bond motifs is 1. The van der Waals surface area contributed by atoms with Gasteiger partial charge in [-0.05, 0) is 37.1 Å². The van der Waals surface area contributed by atoms with Gasteiger partial charge in [-0.1, -0.05) is 41.0 Å². The van der Waals surface area contributed by atoms with Crippen LogP contribution in [0.25, 0.3) is 10.2 Å². The quantitative estimate of drug-likeness (QED) is 0.621. The molecule has 5 nitrogen and oxygen atoms in total. The van der Waals surface area contributed by atoms with Gasteiger partial charge in [-0.2, -0.15) is 4.99 Å². The van der Waals surface area contributed by atoms with Crippen molar-refractivity contribution in [2.75, 3.05) is 14.2 Å². The third kappa shape index (κ3) is 3.80. The number of carbonyl (C=O) groups excluding carboxylic acids is 1. The number of nitrogens with zero attached hydrogens (tertiary/aromatic N) is 2. The molecule has 0 N–H and O–H groups in total. The van der Waals surface area contributed by atoms with Crippen LogP contribution in [-0.4, -0.2) is 24.7 Å². The zero-order valence-corrected chi connectivity index (χ0v) is 17.2. The summed E-state index contributed by atoms with van der Waals surface area (Å²) < 4.78 is 13.6. The third-order valence-corrected chi connectivity index (χ3v) is 5.60. The number of hydrogen-bond acceptors (Lipinski definition) is 4. The molecular weight excluding hydrogens is 372 g/mol. The molecule has 28 heavy (non-hydrogen) atoms. The number of carbonyl (C=O) groups is 1. The van der Waals surface area contributed by atoms with Gasteiger partial charge in [0.2, 0.25) is 0 Å². The second-order valence-corrected chi connectivity index (χ2v) is 7.41. The summed E-state index contributed by atoms with van der Waals surface area (Å²) in [4.78, 5) is 17.6. The summed E-state index contributed by atoms with van der Waals surface area (Å²) in [7, 11) is 3.20. The van der Waals surface area contributed by atoms with Gasteiger partial charge in [0.25, 0.3) is 5.91 Å². The molecule has 0 saturated heterocycles. The van der Waals surface area contributed by atoms with E-state index in [0.717, 1.165) is 26.9 Å². The molecule has 0 atom stereocenters. The average molecular weight is 394 g/mol. The van der Waals surface area contributed by atoms with Crippen LogP contribution in [0.2, 0.25) is 0 Å². The lowest BCUT2D eigenvalue weighted by molar-refractivity contribution is -0.117. The van der Waals surface area contributed by atoms with Crippen LogP contribution in [0.5, 0.6) is 11.5 Å². The van der Waals surface area contributed by atoms with Gasteiger partial charge in [0.05, 0.1) is 27.2 Å². The van der Waals surface area contributed by atoms with Crippen LogP contribution in [0.1, 0.15) is 16.7 Å². The Bertz CT molecular complexity index is 1150. The topological polar surface area (TPSA) is 52.8 Å². The fourth-order valence-corrected chi connectivity index (χ4v) is 4.23. The lowest BCUT2D eigenvalue weighted by atomic mass is 10.0. The van der Waals surface area contributed by atoms with Crippen molar-refractivity contribution in [3.63, 3.8) is 0 Å². The summed E-state index contributed by atoms with van der Waals surface area (Å²) in [6.07, 6.45) is 5.81. The predicted octanol–water partition coefficient (Wildman–Crippen LogP) is 3.64. The fourth-order valence-electron chi connectivity index (χ4n) is 3.08. The Morgan fingerprint density at radius 1 is 1.18 bits per heavy atom. The molecule has 3 aromatic rings. The number of benzene rings is 2. The minimum atomic E-state index is -0.219. The molecule has 0 radical (unpaired) electrons. The van der Waals surface area contributed by atoms with E-state index in [-0.39, 0.29) is 18.9 Å². The predicted molar refractivity (Wildman–Crippen MR) is 112 cm³/mol. The molecule has 1 amide bonds. The van der Waals surface area contributed by atoms with Crippen molar-refractivity contribution in [1.29, 1.82) is 0 Å². The molecule has 3 rings (SSSR count). The Morgan fingerprint density at radius 2 is 1.89 bits per heavy atom. The van der Waals surface area contributed by atoms with E-state index in [9.17, 15) is 4.79 Å². The Kier molecular flexibility index (Phi) is 5.86. The van der Waals surface area contributed by atoms with Crippen LogP contribution in [0.4, 0.5) is 0 Å². The number of ether oxygens (including phenoxy) is 2. The van der Waals surface area contributed by atoms with Crippen molar-refractivity contribution in [1.82, 2.24) is 4.57 Å². The summed E-state index contributed by atoms with van der Waals surface area (Å²) in [5.41, 5.74) is 3.95. The minimum Gasteiger partial charge on any atom is -0.495 e. The van der Waals surface area contributed by atoms with Crippen molar-refractivity contribution < 1.29 is 14.3 Å². The number of methoxy groups -OCH3 is 2. The highest BCUT2D eigenvalue weighted by Gasteiger charge is 2.16. The first kappa shape index (κ1) is 19.7. The first-order valence-corrected chi connectivity index (χ1v) is 9.61. The van der Waals surface area contributed by atoms with Gasteiger partial charge in [-0.15, -0.1) is 6.42 Å². The molecule has 144 valence electrons. The number of aryl methyl sites for hydroxylation is 2. The molecule has 1 aromatic heterocycles. The normalized spacial score (nSPS) is 11.5. The highest BCUT2D eigenvalue weighted by molar-refractivity contribution is 7.16. The highest BCUT2D eigenvalue weighted by Crippen LogP contribution is 2.35. The third-order valence-electron chi connectivity index (χ3n) is 4.51. The summed E-state index contributed by atoms with van der Waals surface area (Å²) in [6, 6.07) is 9.73. The lowest BCUT2D eigenvalue weighted by Crippen LogP contribution is -2.17. The monoisotopic (exact) mass is 394 g/mol. The standard InChI is InChI=1S/C22H22N2O3S/c1-6-11-24-20-17(26-4)9-10-18(27-5)21(20)28-22(24)23-19(25)13-16-12-14(2)7-8-15(16)3/h1,7-10,12H,11,13H2,2-5H3. The largest absolute Gasteiger partial charge is 0.495 e. The molecule has 0 fully saturated rings. The van der Waals surface area contributed by atoms with E-state index in [1.807, 2.05) is 48.7 Å². The maximum absolute atomic E-state index is 12.7. The minimum absolute atomic E-state index is 0.219. The fraction of sp³-hybridized carbons (Fsp3) is 0.273. The zero-order chi connectivity index (χ0) is 20.3. The Hall–Kier alpha value is -3.04. The summed E-state index contributed by atoms with van der Waals surface area (Å²) >= 11 is 1.37. The molecular formula is C22H22N2O3S. The Morgan fingerprint density at radius 3 is 2.57 bits per heavy atom. The first-order chi connectivity index (χ1) is 13.5. The van der Waals surface area contributed by atoms with Gasteiger partial charge in [-0.3, -0.25) is 4.79 Å². The molecule has 2 aromatic carbocycles. The van der Waals surface area contributed by atoms with Gasteiger partial charge in [-0.25, -0.2) is 0 Å². The van der Waals surface area contributed by atoms with Crippen molar-refractivity contribution in [2.45, 2.75) is 26.8 Å². The number of thiazole rings is 1. The van der Waals surface area contributed by atoms with E-state index in [0.29, 0.717) is 16.3 Å². The molecule has 0 spiro atoms. The first-order valence-electron chi connectivity index (χ1n) is 8.80. The van der Waals surface area contributed by atoms with Crippen LogP contribution in [0.15, 0.2) is 35.3 Å². The van der Waals surface area contributed by atoms with Crippen LogP contribution < -0.4 is 14.3 Å². The molecule has 0 saturated carbocycles. The van der Waals surface area contributed by atoms with E-state index >= 15 is 0 Å². The second-order valence-electron chi connectivity index (χ2n) is 6.43. The van der Waals surface area contributed by atoms with Crippen molar-refractivity contribution in [3.05, 3.63) is 51.8 Å². The number of terminal acetylenes is 1. The summed E-state index contributed by atoms with van der Waals surface area (Å²) in [5.74, 6) is 3.76. The lowest BCUT2D eigenvalue weighted by Gasteiger charge is -2.08. The zero-order valence-electron chi connectivity index (χ0n) is 16.4. The van der Waals surface area contributed by atoms with Crippen LogP contribution >= 0.6 is 11.3 Å². The number of aromatic nitrogens is 1. The summed E-state index contributed by atoms with van der Waals surface area (Å²) in [5, 5.41) is 0. The Labute approximate surface area is 168 Å². The maximum Gasteiger partial charge on any atom is 0.252 e.